The van der Waals surface area contributed by atoms with Crippen LogP contribution in [0.15, 0.2) is 0 Å². The van der Waals surface area contributed by atoms with Crippen molar-refractivity contribution in [2.24, 2.45) is 0 Å². The van der Waals surface area contributed by atoms with Crippen molar-refractivity contribution in [3.05, 3.63) is 0 Å². The van der Waals surface area contributed by atoms with Crippen LogP contribution in [-0.4, -0.2) is 107 Å². The van der Waals surface area contributed by atoms with Gasteiger partial charge >= 0.3 is 0 Å². The van der Waals surface area contributed by atoms with Crippen molar-refractivity contribution in [2.45, 2.75) is 154 Å². The maximum atomic E-state index is 6.46. The van der Waals surface area contributed by atoms with Gasteiger partial charge in [0, 0.05) is 60.4 Å². The number of hydrogen-bond donors (Lipinski definition) is 2. The highest BCUT2D eigenvalue weighted by Crippen LogP contribution is 2.52. The summed E-state index contributed by atoms with van der Waals surface area (Å²) in [6.45, 7) is 28.4. The predicted molar refractivity (Wildman–Crippen MR) is 176 cm³/mol. The number of nitrogens with zero attached hydrogens (tertiary/aromatic N) is 3. The highest BCUT2D eigenvalue weighted by atomic mass is 31.2. The van der Waals surface area contributed by atoms with Gasteiger partial charge in [-0.2, -0.15) is 0 Å². The Morgan fingerprint density at radius 2 is 0.929 bits per heavy atom. The Bertz CT molecular complexity index is 778. The minimum atomic E-state index is -1.06. The number of piperidine rings is 2. The van der Waals surface area contributed by atoms with Gasteiger partial charge in [-0.05, 0) is 115 Å². The largest absolute Gasteiger partial charge is 0.322 e. The Labute approximate surface area is 260 Å². The van der Waals surface area contributed by atoms with Gasteiger partial charge in [-0.25, -0.2) is 9.34 Å². The van der Waals surface area contributed by atoms with Gasteiger partial charge < -0.3 is 33.6 Å². The molecule has 0 aromatic carbocycles. The molecule has 0 bridgehead atoms. The van der Waals surface area contributed by atoms with E-state index in [2.05, 4.69) is 101 Å². The van der Waals surface area contributed by atoms with E-state index in [-0.39, 0.29) is 34.4 Å². The molecule has 0 aromatic heterocycles. The fraction of sp³-hybridized carbons (Fsp3) is 1.00. The van der Waals surface area contributed by atoms with Crippen LogP contribution in [0.25, 0.3) is 0 Å². The standard InChI is InChI=1S/C31H63N5O4P2/c1-24-12-18-37-41(39-24)35(26-20-28(3,4)32-29(5,6)21-26)16-14-34(11)15-17-36(42-38-19-13-25(2)40-42)27-22-30(7,8)33-31(9,10)23-27/h24-27,32-33H,12-23H2,1-11H3. The first kappa shape index (κ1) is 35.4. The fourth-order valence-electron chi connectivity index (χ4n) is 7.75. The molecule has 11 heteroatoms. The van der Waals surface area contributed by atoms with Crippen LogP contribution in [0.5, 0.6) is 0 Å². The molecule has 42 heavy (non-hydrogen) atoms. The number of nitrogens with one attached hydrogen (secondary N) is 2. The normalized spacial score (nSPS) is 33.9. The molecule has 4 rings (SSSR count). The lowest BCUT2D eigenvalue weighted by Crippen LogP contribution is -2.62. The topological polar surface area (TPSA) is 70.7 Å². The molecule has 9 nitrogen and oxygen atoms in total. The van der Waals surface area contributed by atoms with Crippen molar-refractivity contribution in [1.82, 2.24) is 24.9 Å². The summed E-state index contributed by atoms with van der Waals surface area (Å²) in [5, 5.41) is 7.72. The van der Waals surface area contributed by atoms with Gasteiger partial charge in [0.25, 0.3) is 17.1 Å². The molecule has 0 spiro atoms. The zero-order valence-electron chi connectivity index (χ0n) is 28.7. The van der Waals surface area contributed by atoms with Gasteiger partial charge in [0.15, 0.2) is 0 Å². The average Bonchev–Trinajstić information content (AvgIpc) is 2.80. The van der Waals surface area contributed by atoms with Crippen molar-refractivity contribution in [3.63, 3.8) is 0 Å². The van der Waals surface area contributed by atoms with Crippen LogP contribution in [0.3, 0.4) is 0 Å². The van der Waals surface area contributed by atoms with Crippen molar-refractivity contribution in [2.75, 3.05) is 46.4 Å². The second-order valence-electron chi connectivity index (χ2n) is 16.1. The Hall–Kier alpha value is 0.500. The molecule has 4 unspecified atom stereocenters. The first-order chi connectivity index (χ1) is 19.4. The van der Waals surface area contributed by atoms with E-state index in [9.17, 15) is 0 Å². The molecule has 2 N–H and O–H groups in total. The van der Waals surface area contributed by atoms with Crippen molar-refractivity contribution < 1.29 is 18.1 Å². The maximum Gasteiger partial charge on any atom is 0.259 e. The van der Waals surface area contributed by atoms with Crippen molar-refractivity contribution >= 4 is 17.1 Å². The van der Waals surface area contributed by atoms with Crippen LogP contribution in [0.4, 0.5) is 0 Å². The van der Waals surface area contributed by atoms with E-state index in [1.54, 1.807) is 0 Å². The van der Waals surface area contributed by atoms with Crippen LogP contribution in [-0.2, 0) is 18.1 Å². The quantitative estimate of drug-likeness (QED) is 0.273. The second-order valence-corrected chi connectivity index (χ2v) is 19.0. The van der Waals surface area contributed by atoms with Crippen LogP contribution < -0.4 is 10.6 Å². The molecular weight excluding hydrogens is 568 g/mol. The van der Waals surface area contributed by atoms with Crippen molar-refractivity contribution in [1.29, 1.82) is 0 Å². The number of rotatable bonds is 10. The minimum absolute atomic E-state index is 0.0729. The van der Waals surface area contributed by atoms with Crippen LogP contribution >= 0.6 is 17.1 Å². The minimum Gasteiger partial charge on any atom is -0.322 e. The Balaban J connectivity index is 1.43. The maximum absolute atomic E-state index is 6.46. The Morgan fingerprint density at radius 1 is 0.595 bits per heavy atom. The number of likely N-dealkylation sites (N-methyl/N-ethyl adjacent to an activating group) is 1. The predicted octanol–water partition coefficient (Wildman–Crippen LogP) is 6.25. The van der Waals surface area contributed by atoms with Crippen LogP contribution in [0, 0.1) is 0 Å². The fourth-order valence-corrected chi connectivity index (χ4v) is 11.1. The first-order valence-corrected chi connectivity index (χ1v) is 18.7. The van der Waals surface area contributed by atoms with Gasteiger partial charge in [0.05, 0.1) is 25.4 Å². The second kappa shape index (κ2) is 14.1. The van der Waals surface area contributed by atoms with E-state index in [1.165, 1.54) is 0 Å². The molecule has 0 aliphatic carbocycles. The lowest BCUT2D eigenvalue weighted by Gasteiger charge is -2.51. The molecule has 4 saturated heterocycles. The summed E-state index contributed by atoms with van der Waals surface area (Å²) in [7, 11) is 0.154. The van der Waals surface area contributed by atoms with E-state index in [1.807, 2.05) is 0 Å². The SMILES string of the molecule is CC1CCOP(N(CCN(C)CCN(C2CC(C)(C)NC(C)(C)C2)P2OCCC(C)O2)C2CC(C)(C)NC(C)(C)C2)O1. The summed E-state index contributed by atoms with van der Waals surface area (Å²) >= 11 is 0. The molecule has 4 aliphatic heterocycles. The third-order valence-electron chi connectivity index (χ3n) is 9.01. The molecule has 4 heterocycles. The Kier molecular flexibility index (Phi) is 11.9. The Morgan fingerprint density at radius 3 is 1.24 bits per heavy atom. The van der Waals surface area contributed by atoms with Gasteiger partial charge in [-0.3, -0.25) is 0 Å². The highest BCUT2D eigenvalue weighted by molar-refractivity contribution is 7.44. The molecule has 4 atom stereocenters. The van der Waals surface area contributed by atoms with Gasteiger partial charge in [-0.15, -0.1) is 0 Å². The monoisotopic (exact) mass is 631 g/mol. The van der Waals surface area contributed by atoms with E-state index in [0.717, 1.165) is 77.9 Å². The summed E-state index contributed by atoms with van der Waals surface area (Å²) in [5.74, 6) is 0. The zero-order chi connectivity index (χ0) is 30.9. The summed E-state index contributed by atoms with van der Waals surface area (Å²) < 4.78 is 30.7. The summed E-state index contributed by atoms with van der Waals surface area (Å²) in [4.78, 5) is 2.49. The zero-order valence-corrected chi connectivity index (χ0v) is 30.5. The van der Waals surface area contributed by atoms with E-state index in [4.69, 9.17) is 18.1 Å². The van der Waals surface area contributed by atoms with Gasteiger partial charge in [0.1, 0.15) is 0 Å². The van der Waals surface area contributed by atoms with Gasteiger partial charge in [-0.1, -0.05) is 0 Å². The summed E-state index contributed by atoms with van der Waals surface area (Å²) in [6.07, 6.45) is 6.81. The molecule has 4 aliphatic rings. The van der Waals surface area contributed by atoms with Crippen molar-refractivity contribution in [3.8, 4) is 0 Å². The van der Waals surface area contributed by atoms with E-state index >= 15 is 0 Å². The summed E-state index contributed by atoms with van der Waals surface area (Å²) in [5.41, 5.74) is 0.292. The van der Waals surface area contributed by atoms with Crippen LogP contribution in [0.2, 0.25) is 0 Å². The number of hydrogen-bond acceptors (Lipinski definition) is 9. The lowest BCUT2D eigenvalue weighted by atomic mass is 9.79. The molecule has 246 valence electrons. The molecule has 0 amide bonds. The third-order valence-corrected chi connectivity index (χ3v) is 12.8. The highest BCUT2D eigenvalue weighted by Gasteiger charge is 2.45. The summed E-state index contributed by atoms with van der Waals surface area (Å²) in [6, 6.07) is 0.844. The average molecular weight is 632 g/mol. The lowest BCUT2D eigenvalue weighted by molar-refractivity contribution is 0.0520. The van der Waals surface area contributed by atoms with E-state index in [0.29, 0.717) is 12.1 Å². The smallest absolute Gasteiger partial charge is 0.259 e. The molecular formula is C31H63N5O4P2. The molecule has 0 radical (unpaired) electrons. The molecule has 0 aromatic rings. The van der Waals surface area contributed by atoms with E-state index < -0.39 is 17.1 Å². The van der Waals surface area contributed by atoms with Gasteiger partial charge in [0.2, 0.25) is 0 Å². The molecule has 0 saturated carbocycles. The van der Waals surface area contributed by atoms with Crippen LogP contribution in [0.1, 0.15) is 108 Å². The first-order valence-electron chi connectivity index (χ1n) is 16.4. The molecule has 4 fully saturated rings. The third kappa shape index (κ3) is 10.3.